The minimum Gasteiger partial charge on any atom is -0.355 e. The molecule has 2 aromatic heterocycles. The molecule has 1 fully saturated rings. The third kappa shape index (κ3) is 2.86. The van der Waals surface area contributed by atoms with E-state index in [1.165, 1.54) is 16.8 Å². The number of hydrogen-bond donors (Lipinski definition) is 1. The molecule has 0 saturated carbocycles. The molecular formula is C22H23N5. The molecule has 1 unspecified atom stereocenters. The number of imidazole rings is 1. The zero-order valence-corrected chi connectivity index (χ0v) is 15.6. The Hall–Kier alpha value is -2.87. The highest BCUT2D eigenvalue weighted by atomic mass is 15.2. The van der Waals surface area contributed by atoms with Gasteiger partial charge in [-0.2, -0.15) is 5.26 Å². The molecule has 5 heteroatoms. The van der Waals surface area contributed by atoms with Crippen LogP contribution in [0.25, 0.3) is 11.0 Å². The van der Waals surface area contributed by atoms with Crippen molar-refractivity contribution in [2.45, 2.75) is 44.9 Å². The number of anilines is 1. The van der Waals surface area contributed by atoms with Crippen molar-refractivity contribution < 1.29 is 0 Å². The van der Waals surface area contributed by atoms with Crippen LogP contribution in [0.1, 0.15) is 53.4 Å². The molecule has 1 aliphatic heterocycles. The summed E-state index contributed by atoms with van der Waals surface area (Å²) in [7, 11) is 0. The molecule has 136 valence electrons. The predicted molar refractivity (Wildman–Crippen MR) is 106 cm³/mol. The topological polar surface area (TPSA) is 68.6 Å². The van der Waals surface area contributed by atoms with Crippen molar-refractivity contribution in [3.8, 4) is 6.07 Å². The minimum absolute atomic E-state index is 0.341. The van der Waals surface area contributed by atoms with E-state index in [2.05, 4.69) is 47.1 Å². The van der Waals surface area contributed by atoms with Gasteiger partial charge in [0.2, 0.25) is 0 Å². The molecule has 5 rings (SSSR count). The summed E-state index contributed by atoms with van der Waals surface area (Å²) in [6, 6.07) is 10.8. The summed E-state index contributed by atoms with van der Waals surface area (Å²) in [4.78, 5) is 15.6. The van der Waals surface area contributed by atoms with Gasteiger partial charge in [-0.15, -0.1) is 0 Å². The number of rotatable bonds is 2. The van der Waals surface area contributed by atoms with Crippen molar-refractivity contribution in [1.29, 1.82) is 5.26 Å². The van der Waals surface area contributed by atoms with Gasteiger partial charge >= 0.3 is 0 Å². The highest BCUT2D eigenvalue weighted by Gasteiger charge is 2.27. The maximum atomic E-state index is 9.65. The maximum absolute atomic E-state index is 9.65. The summed E-state index contributed by atoms with van der Waals surface area (Å²) < 4.78 is 0. The fraction of sp³-hybridized carbons (Fsp3) is 0.409. The van der Waals surface area contributed by atoms with E-state index in [-0.39, 0.29) is 0 Å². The molecule has 0 spiro atoms. The van der Waals surface area contributed by atoms with Crippen LogP contribution < -0.4 is 4.90 Å². The summed E-state index contributed by atoms with van der Waals surface area (Å²) >= 11 is 0. The van der Waals surface area contributed by atoms with Crippen LogP contribution in [0, 0.1) is 18.3 Å². The highest BCUT2D eigenvalue weighted by molar-refractivity contribution is 5.76. The molecule has 5 nitrogen and oxygen atoms in total. The van der Waals surface area contributed by atoms with Crippen LogP contribution in [-0.2, 0) is 12.8 Å². The predicted octanol–water partition coefficient (Wildman–Crippen LogP) is 4.01. The second-order valence-corrected chi connectivity index (χ2v) is 7.86. The van der Waals surface area contributed by atoms with E-state index >= 15 is 0 Å². The van der Waals surface area contributed by atoms with Crippen molar-refractivity contribution in [2.75, 3.05) is 18.0 Å². The van der Waals surface area contributed by atoms with Gasteiger partial charge < -0.3 is 9.88 Å². The van der Waals surface area contributed by atoms with Crippen molar-refractivity contribution in [3.05, 3.63) is 52.5 Å². The first-order valence-corrected chi connectivity index (χ1v) is 9.85. The minimum atomic E-state index is 0.341. The first-order chi connectivity index (χ1) is 13.2. The molecule has 1 aromatic carbocycles. The zero-order chi connectivity index (χ0) is 18.4. The maximum Gasteiger partial charge on any atom is 0.146 e. The molecule has 3 heterocycles. The van der Waals surface area contributed by atoms with Gasteiger partial charge in [0.25, 0.3) is 0 Å². The monoisotopic (exact) mass is 357 g/mol. The van der Waals surface area contributed by atoms with E-state index in [0.29, 0.717) is 5.92 Å². The number of hydrogen-bond acceptors (Lipinski definition) is 4. The van der Waals surface area contributed by atoms with Crippen molar-refractivity contribution in [1.82, 2.24) is 15.0 Å². The smallest absolute Gasteiger partial charge is 0.146 e. The Kier molecular flexibility index (Phi) is 3.86. The van der Waals surface area contributed by atoms with Gasteiger partial charge in [-0.25, -0.2) is 9.97 Å². The average molecular weight is 357 g/mol. The van der Waals surface area contributed by atoms with Gasteiger partial charge in [0.15, 0.2) is 0 Å². The van der Waals surface area contributed by atoms with Gasteiger partial charge in [-0.05, 0) is 68.4 Å². The number of aryl methyl sites for hydroxylation is 3. The molecule has 1 atom stereocenters. The average Bonchev–Trinajstić information content (AvgIpc) is 3.32. The first-order valence-electron chi connectivity index (χ1n) is 9.85. The standard InChI is InChI=1S/C22H23N5/c1-14-7-8-19-20(10-14)25-21(24-19)16-5-3-9-27(13-16)22-17(12-23)11-15-4-2-6-18(15)26-22/h7-8,10-11,16H,2-6,9,13H2,1H3,(H,24,25). The van der Waals surface area contributed by atoms with Crippen LogP contribution in [0.3, 0.4) is 0 Å². The third-order valence-electron chi connectivity index (χ3n) is 5.91. The summed E-state index contributed by atoms with van der Waals surface area (Å²) in [5.41, 5.74) is 6.54. The summed E-state index contributed by atoms with van der Waals surface area (Å²) in [6.07, 6.45) is 5.44. The Labute approximate surface area is 159 Å². The molecule has 1 N–H and O–H groups in total. The van der Waals surface area contributed by atoms with Crippen LogP contribution in [0.2, 0.25) is 0 Å². The molecule has 0 radical (unpaired) electrons. The molecule has 0 bridgehead atoms. The van der Waals surface area contributed by atoms with Crippen LogP contribution in [0.15, 0.2) is 24.3 Å². The summed E-state index contributed by atoms with van der Waals surface area (Å²) in [5, 5.41) is 9.65. The largest absolute Gasteiger partial charge is 0.355 e. The van der Waals surface area contributed by atoms with Gasteiger partial charge in [-0.3, -0.25) is 0 Å². The number of benzene rings is 1. The molecule has 27 heavy (non-hydrogen) atoms. The van der Waals surface area contributed by atoms with Gasteiger partial charge in [0.05, 0.1) is 16.6 Å². The number of H-pyrrole nitrogens is 1. The van der Waals surface area contributed by atoms with Crippen LogP contribution >= 0.6 is 0 Å². The molecule has 1 saturated heterocycles. The highest BCUT2D eigenvalue weighted by Crippen LogP contribution is 2.32. The van der Waals surface area contributed by atoms with E-state index < -0.39 is 0 Å². The van der Waals surface area contributed by atoms with Crippen LogP contribution in [-0.4, -0.2) is 28.0 Å². The van der Waals surface area contributed by atoms with E-state index in [0.717, 1.165) is 73.4 Å². The Morgan fingerprint density at radius 3 is 3.00 bits per heavy atom. The lowest BCUT2D eigenvalue weighted by Crippen LogP contribution is -2.36. The SMILES string of the molecule is Cc1ccc2nc(C3CCCN(c4nc5c(cc4C#N)CCC5)C3)[nH]c2c1. The zero-order valence-electron chi connectivity index (χ0n) is 15.6. The van der Waals surface area contributed by atoms with Gasteiger partial charge in [0, 0.05) is 24.7 Å². The number of fused-ring (bicyclic) bond motifs is 2. The van der Waals surface area contributed by atoms with Gasteiger partial charge in [0.1, 0.15) is 17.7 Å². The molecule has 1 aliphatic carbocycles. The Balaban J connectivity index is 1.46. The molecular weight excluding hydrogens is 334 g/mol. The first kappa shape index (κ1) is 16.3. The van der Waals surface area contributed by atoms with E-state index in [4.69, 9.17) is 9.97 Å². The summed E-state index contributed by atoms with van der Waals surface area (Å²) in [6.45, 7) is 3.92. The fourth-order valence-corrected chi connectivity index (χ4v) is 4.51. The fourth-order valence-electron chi connectivity index (χ4n) is 4.51. The second kappa shape index (κ2) is 6.38. The normalized spacial score (nSPS) is 19.3. The lowest BCUT2D eigenvalue weighted by atomic mass is 9.97. The van der Waals surface area contributed by atoms with Crippen LogP contribution in [0.4, 0.5) is 5.82 Å². The van der Waals surface area contributed by atoms with Gasteiger partial charge in [-0.1, -0.05) is 6.07 Å². The van der Waals surface area contributed by atoms with Crippen molar-refractivity contribution in [2.24, 2.45) is 0 Å². The lowest BCUT2D eigenvalue weighted by Gasteiger charge is -2.33. The molecule has 2 aliphatic rings. The Morgan fingerprint density at radius 2 is 2.11 bits per heavy atom. The number of nitrogens with zero attached hydrogens (tertiary/aromatic N) is 4. The lowest BCUT2D eigenvalue weighted by molar-refractivity contribution is 0.492. The van der Waals surface area contributed by atoms with E-state index in [1.807, 2.05) is 0 Å². The third-order valence-corrected chi connectivity index (χ3v) is 5.91. The number of aromatic nitrogens is 3. The summed E-state index contributed by atoms with van der Waals surface area (Å²) in [5.74, 6) is 2.27. The number of piperidine rings is 1. The number of nitriles is 1. The number of aromatic amines is 1. The second-order valence-electron chi connectivity index (χ2n) is 7.86. The van der Waals surface area contributed by atoms with Crippen molar-refractivity contribution in [3.63, 3.8) is 0 Å². The molecule has 3 aromatic rings. The van der Waals surface area contributed by atoms with Crippen molar-refractivity contribution >= 4 is 16.9 Å². The number of pyridine rings is 1. The molecule has 0 amide bonds. The number of nitrogens with one attached hydrogen (secondary N) is 1. The Bertz CT molecular complexity index is 1060. The van der Waals surface area contributed by atoms with E-state index in [9.17, 15) is 5.26 Å². The van der Waals surface area contributed by atoms with E-state index in [1.54, 1.807) is 0 Å². The quantitative estimate of drug-likeness (QED) is 0.752. The Morgan fingerprint density at radius 1 is 1.19 bits per heavy atom. The van der Waals surface area contributed by atoms with Crippen LogP contribution in [0.5, 0.6) is 0 Å².